The van der Waals surface area contributed by atoms with Crippen LogP contribution in [0.15, 0.2) is 29.8 Å². The molecule has 74 valence electrons. The molecule has 0 unspecified atom stereocenters. The third-order valence-corrected chi connectivity index (χ3v) is 2.49. The van der Waals surface area contributed by atoms with E-state index >= 15 is 0 Å². The maximum absolute atomic E-state index is 10.6. The van der Waals surface area contributed by atoms with Gasteiger partial charge in [-0.25, -0.2) is 4.98 Å². The number of rotatable bonds is 4. The Morgan fingerprint density at radius 3 is 3.00 bits per heavy atom. The second-order valence-corrected chi connectivity index (χ2v) is 3.64. The fourth-order valence-electron chi connectivity index (χ4n) is 0.909. The second kappa shape index (κ2) is 4.76. The van der Waals surface area contributed by atoms with Crippen molar-refractivity contribution in [3.05, 3.63) is 40.6 Å². The molecule has 0 aliphatic heterocycles. The lowest BCUT2D eigenvalue weighted by atomic mass is 10.3. The summed E-state index contributed by atoms with van der Waals surface area (Å²) < 4.78 is 0. The number of hydrogen-bond donors (Lipinski definition) is 0. The fourth-order valence-corrected chi connectivity index (χ4v) is 1.68. The van der Waals surface area contributed by atoms with Gasteiger partial charge in [0.15, 0.2) is 5.03 Å². The predicted octanol–water partition coefficient (Wildman–Crippen LogP) is 2.58. The minimum absolute atomic E-state index is 0.0578. The van der Waals surface area contributed by atoms with E-state index in [1.807, 2.05) is 6.92 Å². The average molecular weight is 210 g/mol. The largest absolute Gasteiger partial charge is 0.301 e. The number of aromatic nitrogens is 1. The second-order valence-electron chi connectivity index (χ2n) is 2.63. The van der Waals surface area contributed by atoms with Crippen molar-refractivity contribution < 1.29 is 4.92 Å². The maximum atomic E-state index is 10.6. The van der Waals surface area contributed by atoms with Crippen molar-refractivity contribution >= 4 is 17.4 Å². The lowest BCUT2D eigenvalue weighted by Crippen LogP contribution is -1.95. The molecule has 0 aliphatic carbocycles. The van der Waals surface area contributed by atoms with E-state index in [2.05, 4.69) is 11.6 Å². The van der Waals surface area contributed by atoms with Crippen LogP contribution in [0.4, 0.5) is 5.69 Å². The Hall–Kier alpha value is -1.36. The lowest BCUT2D eigenvalue weighted by Gasteiger charge is -2.00. The van der Waals surface area contributed by atoms with E-state index < -0.39 is 4.92 Å². The van der Waals surface area contributed by atoms with E-state index in [0.717, 1.165) is 5.69 Å². The van der Waals surface area contributed by atoms with Crippen LogP contribution in [-0.4, -0.2) is 15.7 Å². The van der Waals surface area contributed by atoms with Crippen molar-refractivity contribution in [1.82, 2.24) is 4.98 Å². The first-order valence-electron chi connectivity index (χ1n) is 4.01. The first-order chi connectivity index (χ1) is 6.65. The minimum atomic E-state index is -0.419. The summed E-state index contributed by atoms with van der Waals surface area (Å²) in [5.74, 6) is 0.622. The van der Waals surface area contributed by atoms with E-state index in [4.69, 9.17) is 0 Å². The molecule has 0 bridgehead atoms. The third-order valence-electron chi connectivity index (χ3n) is 1.51. The number of nitro groups is 1. The SMILES string of the molecule is C=CCSc1nc(C)ccc1[N+](=O)[O-]. The van der Waals surface area contributed by atoms with Crippen LogP contribution in [0.1, 0.15) is 5.69 Å². The zero-order valence-electron chi connectivity index (χ0n) is 7.77. The first kappa shape index (κ1) is 10.7. The molecule has 1 heterocycles. The van der Waals surface area contributed by atoms with E-state index in [0.29, 0.717) is 10.8 Å². The molecule has 4 nitrogen and oxygen atoms in total. The molecule has 0 atom stereocenters. The van der Waals surface area contributed by atoms with Gasteiger partial charge in [-0.15, -0.1) is 6.58 Å². The molecule has 5 heteroatoms. The summed E-state index contributed by atoms with van der Waals surface area (Å²) in [4.78, 5) is 14.3. The molecule has 0 amide bonds. The molecule has 0 saturated heterocycles. The molecule has 0 spiro atoms. The summed E-state index contributed by atoms with van der Waals surface area (Å²) >= 11 is 1.32. The Balaban J connectivity index is 3.02. The molecule has 1 aromatic rings. The average Bonchev–Trinajstić information content (AvgIpc) is 2.14. The van der Waals surface area contributed by atoms with Gasteiger partial charge in [0.25, 0.3) is 0 Å². The molecular formula is C9H10N2O2S. The number of thioether (sulfide) groups is 1. The smallest absolute Gasteiger partial charge is 0.258 e. The van der Waals surface area contributed by atoms with E-state index in [-0.39, 0.29) is 5.69 Å². The maximum Gasteiger partial charge on any atom is 0.301 e. The molecule has 1 aromatic heterocycles. The van der Waals surface area contributed by atoms with Crippen molar-refractivity contribution in [3.63, 3.8) is 0 Å². The van der Waals surface area contributed by atoms with Gasteiger partial charge >= 0.3 is 5.69 Å². The summed E-state index contributed by atoms with van der Waals surface area (Å²) in [6.45, 7) is 5.36. The van der Waals surface area contributed by atoms with Crippen molar-refractivity contribution in [2.75, 3.05) is 5.75 Å². The fraction of sp³-hybridized carbons (Fsp3) is 0.222. The number of pyridine rings is 1. The van der Waals surface area contributed by atoms with Crippen LogP contribution in [0.2, 0.25) is 0 Å². The van der Waals surface area contributed by atoms with Crippen LogP contribution in [0.5, 0.6) is 0 Å². The van der Waals surface area contributed by atoms with E-state index in [1.54, 1.807) is 12.1 Å². The highest BCUT2D eigenvalue weighted by atomic mass is 32.2. The highest BCUT2D eigenvalue weighted by Gasteiger charge is 2.14. The topological polar surface area (TPSA) is 56.0 Å². The van der Waals surface area contributed by atoms with E-state index in [9.17, 15) is 10.1 Å². The van der Waals surface area contributed by atoms with Gasteiger partial charge in [-0.2, -0.15) is 0 Å². The Labute approximate surface area is 86.2 Å². The first-order valence-corrected chi connectivity index (χ1v) is 4.99. The summed E-state index contributed by atoms with van der Waals surface area (Å²) in [7, 11) is 0. The zero-order valence-corrected chi connectivity index (χ0v) is 8.58. The Morgan fingerprint density at radius 2 is 2.43 bits per heavy atom. The van der Waals surface area contributed by atoms with Crippen LogP contribution in [0.3, 0.4) is 0 Å². The highest BCUT2D eigenvalue weighted by Crippen LogP contribution is 2.26. The van der Waals surface area contributed by atoms with Crippen LogP contribution in [0, 0.1) is 17.0 Å². The Morgan fingerprint density at radius 1 is 1.71 bits per heavy atom. The molecular weight excluding hydrogens is 200 g/mol. The minimum Gasteiger partial charge on any atom is -0.258 e. The molecule has 0 N–H and O–H groups in total. The molecule has 14 heavy (non-hydrogen) atoms. The Kier molecular flexibility index (Phi) is 3.64. The monoisotopic (exact) mass is 210 g/mol. The molecule has 0 aromatic carbocycles. The van der Waals surface area contributed by atoms with Gasteiger partial charge in [-0.1, -0.05) is 17.8 Å². The molecule has 0 saturated carbocycles. The van der Waals surface area contributed by atoms with Gasteiger partial charge in [-0.3, -0.25) is 10.1 Å². The number of aryl methyl sites for hydroxylation is 1. The van der Waals surface area contributed by atoms with Gasteiger partial charge in [-0.05, 0) is 13.0 Å². The quantitative estimate of drug-likeness (QED) is 0.332. The molecule has 1 rings (SSSR count). The zero-order chi connectivity index (χ0) is 10.6. The van der Waals surface area contributed by atoms with Crippen LogP contribution >= 0.6 is 11.8 Å². The van der Waals surface area contributed by atoms with E-state index in [1.165, 1.54) is 17.8 Å². The standard InChI is InChI=1S/C9H10N2O2S/c1-3-6-14-9-8(11(12)13)5-4-7(2)10-9/h3-5H,1,6H2,2H3. The summed E-state index contributed by atoms with van der Waals surface area (Å²) in [6.07, 6.45) is 1.69. The molecule has 0 radical (unpaired) electrons. The van der Waals surface area contributed by atoms with Gasteiger partial charge in [0, 0.05) is 17.5 Å². The highest BCUT2D eigenvalue weighted by molar-refractivity contribution is 7.99. The summed E-state index contributed by atoms with van der Waals surface area (Å²) in [5.41, 5.74) is 0.838. The molecule has 0 fully saturated rings. The van der Waals surface area contributed by atoms with Crippen molar-refractivity contribution in [3.8, 4) is 0 Å². The summed E-state index contributed by atoms with van der Waals surface area (Å²) in [6, 6.07) is 3.11. The normalized spacial score (nSPS) is 9.79. The van der Waals surface area contributed by atoms with Gasteiger partial charge in [0.1, 0.15) is 0 Å². The lowest BCUT2D eigenvalue weighted by molar-refractivity contribution is -0.388. The summed E-state index contributed by atoms with van der Waals surface area (Å²) in [5, 5.41) is 11.1. The third kappa shape index (κ3) is 2.56. The van der Waals surface area contributed by atoms with Gasteiger partial charge in [0.05, 0.1) is 4.92 Å². The predicted molar refractivity (Wildman–Crippen MR) is 56.5 cm³/mol. The number of nitrogens with zero attached hydrogens (tertiary/aromatic N) is 2. The van der Waals surface area contributed by atoms with Gasteiger partial charge < -0.3 is 0 Å². The van der Waals surface area contributed by atoms with Crippen LogP contribution in [-0.2, 0) is 0 Å². The van der Waals surface area contributed by atoms with Gasteiger partial charge in [0.2, 0.25) is 0 Å². The van der Waals surface area contributed by atoms with Crippen molar-refractivity contribution in [2.24, 2.45) is 0 Å². The van der Waals surface area contributed by atoms with Crippen molar-refractivity contribution in [1.29, 1.82) is 0 Å². The molecule has 0 aliphatic rings. The van der Waals surface area contributed by atoms with Crippen molar-refractivity contribution in [2.45, 2.75) is 11.9 Å². The number of hydrogen-bond acceptors (Lipinski definition) is 4. The Bertz CT molecular complexity index is 366. The van der Waals surface area contributed by atoms with Crippen LogP contribution in [0.25, 0.3) is 0 Å². The van der Waals surface area contributed by atoms with Crippen LogP contribution < -0.4 is 0 Å².